The predicted molar refractivity (Wildman–Crippen MR) is 136 cm³/mol. The smallest absolute Gasteiger partial charge is 0.350 e. The molecule has 4 rings (SSSR count). The third kappa shape index (κ3) is 4.56. The minimum absolute atomic E-state index is 0.0154. The number of thiophene rings is 1. The van der Waals surface area contributed by atoms with Crippen molar-refractivity contribution in [3.05, 3.63) is 92.3 Å². The van der Waals surface area contributed by atoms with Gasteiger partial charge in [0, 0.05) is 0 Å². The Bertz CT molecular complexity index is 1320. The first-order valence-corrected chi connectivity index (χ1v) is 12.6. The number of Topliss-reactive ketones (excluding diaryl/α,β-unsaturated/α-hetero) is 1. The highest BCUT2D eigenvalue weighted by Crippen LogP contribution is 2.44. The topological polar surface area (TPSA) is 96.8 Å². The number of carbonyl (C=O) groups is 3. The molecule has 3 heterocycles. The van der Waals surface area contributed by atoms with E-state index >= 15 is 0 Å². The van der Waals surface area contributed by atoms with Crippen LogP contribution in [-0.4, -0.2) is 34.4 Å². The molecule has 0 fully saturated rings. The van der Waals surface area contributed by atoms with E-state index in [1.54, 1.807) is 24.4 Å². The molecule has 9 heteroatoms. The van der Waals surface area contributed by atoms with Crippen LogP contribution in [0.2, 0.25) is 0 Å². The van der Waals surface area contributed by atoms with Crippen molar-refractivity contribution in [3.63, 3.8) is 0 Å². The molecule has 1 N–H and O–H groups in total. The van der Waals surface area contributed by atoms with Crippen molar-refractivity contribution in [2.24, 2.45) is 0 Å². The number of amides is 1. The van der Waals surface area contributed by atoms with Crippen LogP contribution in [0, 0.1) is 6.92 Å². The van der Waals surface area contributed by atoms with Gasteiger partial charge in [0.2, 0.25) is 5.78 Å². The Labute approximate surface area is 211 Å². The quantitative estimate of drug-likeness (QED) is 0.236. The summed E-state index contributed by atoms with van der Waals surface area (Å²) in [7, 11) is 0. The molecule has 0 saturated carbocycles. The number of nitrogens with zero attached hydrogens (tertiary/aromatic N) is 2. The standard InChI is InChI=1S/C26H24N2O5S2/c1-5-12-33-25(32)23-15(4)27-26(35-23)28-20(17-10-8-16(9-11-17)14(2)3)19(22(30)24(28)31)21(29)18-7-6-13-34-18/h5-11,13-14,20,30H,1,12H2,2-4H3. The largest absolute Gasteiger partial charge is 0.503 e. The van der Waals surface area contributed by atoms with Crippen LogP contribution in [0.15, 0.2) is 65.8 Å². The molecule has 1 aliphatic rings. The number of anilines is 1. The van der Waals surface area contributed by atoms with E-state index in [1.807, 2.05) is 24.3 Å². The van der Waals surface area contributed by atoms with Gasteiger partial charge in [0.05, 0.1) is 22.2 Å². The fourth-order valence-corrected chi connectivity index (χ4v) is 5.49. The molecular weight excluding hydrogens is 484 g/mol. The van der Waals surface area contributed by atoms with E-state index < -0.39 is 29.5 Å². The maximum Gasteiger partial charge on any atom is 0.350 e. The van der Waals surface area contributed by atoms with Crippen molar-refractivity contribution >= 4 is 45.5 Å². The monoisotopic (exact) mass is 508 g/mol. The average Bonchev–Trinajstić information content (AvgIpc) is 3.56. The third-order valence-electron chi connectivity index (χ3n) is 5.63. The van der Waals surface area contributed by atoms with E-state index in [0.717, 1.165) is 16.9 Å². The number of ether oxygens (including phenoxy) is 1. The normalized spacial score (nSPS) is 15.7. The Morgan fingerprint density at radius 1 is 1.26 bits per heavy atom. The van der Waals surface area contributed by atoms with Crippen molar-refractivity contribution < 1.29 is 24.2 Å². The summed E-state index contributed by atoms with van der Waals surface area (Å²) >= 11 is 2.21. The first-order chi connectivity index (χ1) is 16.7. The lowest BCUT2D eigenvalue weighted by molar-refractivity contribution is -0.117. The molecule has 1 aliphatic heterocycles. The zero-order valence-electron chi connectivity index (χ0n) is 19.5. The van der Waals surface area contributed by atoms with Crippen LogP contribution in [0.1, 0.15) is 62.0 Å². The van der Waals surface area contributed by atoms with E-state index in [2.05, 4.69) is 25.4 Å². The molecule has 180 valence electrons. The van der Waals surface area contributed by atoms with E-state index in [0.29, 0.717) is 22.1 Å². The minimum Gasteiger partial charge on any atom is -0.503 e. The number of carbonyl (C=O) groups excluding carboxylic acids is 3. The molecule has 0 radical (unpaired) electrons. The van der Waals surface area contributed by atoms with Gasteiger partial charge >= 0.3 is 5.97 Å². The fraction of sp³-hybridized carbons (Fsp3) is 0.231. The number of hydrogen-bond donors (Lipinski definition) is 1. The van der Waals surface area contributed by atoms with Gasteiger partial charge in [-0.1, -0.05) is 68.2 Å². The number of ketones is 1. The third-order valence-corrected chi connectivity index (χ3v) is 7.63. The maximum atomic E-state index is 13.4. The number of aromatic nitrogens is 1. The molecule has 2 aromatic heterocycles. The Balaban J connectivity index is 1.82. The molecular formula is C26H24N2O5S2. The van der Waals surface area contributed by atoms with Crippen LogP contribution >= 0.6 is 22.7 Å². The van der Waals surface area contributed by atoms with Gasteiger partial charge in [-0.2, -0.15) is 0 Å². The molecule has 0 spiro atoms. The summed E-state index contributed by atoms with van der Waals surface area (Å²) in [6.45, 7) is 9.36. The van der Waals surface area contributed by atoms with Crippen LogP contribution in [0.4, 0.5) is 5.13 Å². The van der Waals surface area contributed by atoms with E-state index in [-0.39, 0.29) is 22.2 Å². The minimum atomic E-state index is -0.902. The molecule has 35 heavy (non-hydrogen) atoms. The number of benzene rings is 1. The Morgan fingerprint density at radius 2 is 1.97 bits per heavy atom. The summed E-state index contributed by atoms with van der Waals surface area (Å²) in [4.78, 5) is 45.6. The molecule has 3 aromatic rings. The van der Waals surface area contributed by atoms with Crippen molar-refractivity contribution in [2.75, 3.05) is 11.5 Å². The predicted octanol–water partition coefficient (Wildman–Crippen LogP) is 5.76. The van der Waals surface area contributed by atoms with Gasteiger partial charge in [0.15, 0.2) is 10.9 Å². The fourth-order valence-electron chi connectivity index (χ4n) is 3.83. The van der Waals surface area contributed by atoms with Crippen LogP contribution in [0.3, 0.4) is 0 Å². The van der Waals surface area contributed by atoms with Crippen LogP contribution in [-0.2, 0) is 9.53 Å². The Hall–Kier alpha value is -3.56. The number of aliphatic hydroxyl groups excluding tert-OH is 1. The molecule has 1 amide bonds. The van der Waals surface area contributed by atoms with Crippen molar-refractivity contribution in [2.45, 2.75) is 32.7 Å². The SMILES string of the molecule is C=CCOC(=O)c1sc(N2C(=O)C(O)=C(C(=O)c3cccs3)C2c2ccc(C(C)C)cc2)nc1C. The van der Waals surface area contributed by atoms with Crippen LogP contribution in [0.25, 0.3) is 0 Å². The van der Waals surface area contributed by atoms with Gasteiger partial charge in [-0.3, -0.25) is 14.5 Å². The summed E-state index contributed by atoms with van der Waals surface area (Å²) in [6, 6.07) is 10.1. The second kappa shape index (κ2) is 9.97. The van der Waals surface area contributed by atoms with Crippen molar-refractivity contribution in [1.82, 2.24) is 4.98 Å². The summed E-state index contributed by atoms with van der Waals surface area (Å²) in [5.41, 5.74) is 2.12. The number of rotatable bonds is 8. The highest BCUT2D eigenvalue weighted by Gasteiger charge is 2.46. The summed E-state index contributed by atoms with van der Waals surface area (Å²) in [6.07, 6.45) is 1.46. The second-order valence-corrected chi connectivity index (χ2v) is 10.2. The summed E-state index contributed by atoms with van der Waals surface area (Å²) in [5, 5.41) is 12.8. The van der Waals surface area contributed by atoms with E-state index in [1.165, 1.54) is 22.3 Å². The zero-order valence-corrected chi connectivity index (χ0v) is 21.1. The van der Waals surface area contributed by atoms with Gasteiger partial charge in [0.1, 0.15) is 11.5 Å². The molecule has 7 nitrogen and oxygen atoms in total. The Kier molecular flexibility index (Phi) is 7.00. The van der Waals surface area contributed by atoms with Gasteiger partial charge in [0.25, 0.3) is 5.91 Å². The first kappa shape index (κ1) is 24.6. The molecule has 0 saturated heterocycles. The number of thiazole rings is 1. The molecule has 1 aromatic carbocycles. The first-order valence-electron chi connectivity index (χ1n) is 10.9. The summed E-state index contributed by atoms with van der Waals surface area (Å²) < 4.78 is 5.13. The lowest BCUT2D eigenvalue weighted by Crippen LogP contribution is -2.31. The van der Waals surface area contributed by atoms with E-state index in [9.17, 15) is 19.5 Å². The Morgan fingerprint density at radius 3 is 2.57 bits per heavy atom. The van der Waals surface area contributed by atoms with E-state index in [4.69, 9.17) is 4.74 Å². The zero-order chi connectivity index (χ0) is 25.3. The highest BCUT2D eigenvalue weighted by atomic mass is 32.1. The number of aliphatic hydroxyl groups is 1. The number of hydrogen-bond acceptors (Lipinski definition) is 8. The maximum absolute atomic E-state index is 13.4. The van der Waals surface area contributed by atoms with Gasteiger partial charge < -0.3 is 9.84 Å². The van der Waals surface area contributed by atoms with Crippen LogP contribution < -0.4 is 4.90 Å². The van der Waals surface area contributed by atoms with Crippen LogP contribution in [0.5, 0.6) is 0 Å². The van der Waals surface area contributed by atoms with Gasteiger partial charge in [-0.05, 0) is 35.4 Å². The lowest BCUT2D eigenvalue weighted by atomic mass is 9.93. The molecule has 0 aliphatic carbocycles. The number of aryl methyl sites for hydroxylation is 1. The van der Waals surface area contributed by atoms with Crippen molar-refractivity contribution in [1.29, 1.82) is 0 Å². The van der Waals surface area contributed by atoms with Gasteiger partial charge in [-0.25, -0.2) is 9.78 Å². The molecule has 0 bridgehead atoms. The average molecular weight is 509 g/mol. The van der Waals surface area contributed by atoms with Gasteiger partial charge in [-0.15, -0.1) is 11.3 Å². The second-order valence-electron chi connectivity index (χ2n) is 8.27. The molecule has 1 unspecified atom stereocenters. The molecule has 1 atom stereocenters. The lowest BCUT2D eigenvalue weighted by Gasteiger charge is -2.24. The van der Waals surface area contributed by atoms with Crippen molar-refractivity contribution in [3.8, 4) is 0 Å². The highest BCUT2D eigenvalue weighted by molar-refractivity contribution is 7.17. The summed E-state index contributed by atoms with van der Waals surface area (Å²) in [5.74, 6) is -2.08. The number of esters is 1.